The lowest BCUT2D eigenvalue weighted by Gasteiger charge is -2.25. The zero-order chi connectivity index (χ0) is 18.6. The van der Waals surface area contributed by atoms with Crippen molar-refractivity contribution in [1.82, 2.24) is 25.6 Å². The highest BCUT2D eigenvalue weighted by Crippen LogP contribution is 2.36. The van der Waals surface area contributed by atoms with E-state index in [1.165, 1.54) is 6.07 Å². The highest BCUT2D eigenvalue weighted by molar-refractivity contribution is 5.92. The first-order valence-electron chi connectivity index (χ1n) is 9.90. The van der Waals surface area contributed by atoms with Gasteiger partial charge >= 0.3 is 0 Å². The Hall–Kier alpha value is -2.28. The molecule has 2 heterocycles. The van der Waals surface area contributed by atoms with Gasteiger partial charge in [-0.3, -0.25) is 4.79 Å². The maximum Gasteiger partial charge on any atom is 0.273 e. The fourth-order valence-corrected chi connectivity index (χ4v) is 4.31. The van der Waals surface area contributed by atoms with Crippen LogP contribution in [-0.4, -0.2) is 34.0 Å². The summed E-state index contributed by atoms with van der Waals surface area (Å²) in [6, 6.07) is 6.67. The lowest BCUT2D eigenvalue weighted by Crippen LogP contribution is -2.33. The van der Waals surface area contributed by atoms with Crippen molar-refractivity contribution in [3.63, 3.8) is 0 Å². The second-order valence-corrected chi connectivity index (χ2v) is 7.58. The first-order chi connectivity index (χ1) is 13.2. The molecule has 1 unspecified atom stereocenters. The number of nitrogens with zero attached hydrogens (tertiary/aromatic N) is 3. The molecule has 6 nitrogen and oxygen atoms in total. The Morgan fingerprint density at radius 2 is 1.93 bits per heavy atom. The predicted molar refractivity (Wildman–Crippen MR) is 99.7 cm³/mol. The smallest absolute Gasteiger partial charge is 0.273 e. The fraction of sp³-hybridized carbons (Fsp3) is 0.550. The molecule has 2 N–H and O–H groups in total. The molecule has 144 valence electrons. The van der Waals surface area contributed by atoms with E-state index in [2.05, 4.69) is 20.9 Å². The fourth-order valence-electron chi connectivity index (χ4n) is 4.31. The molecule has 0 spiro atoms. The molecule has 7 heteroatoms. The van der Waals surface area contributed by atoms with Crippen molar-refractivity contribution in [1.29, 1.82) is 0 Å². The number of amides is 1. The molecule has 1 saturated heterocycles. The van der Waals surface area contributed by atoms with Crippen LogP contribution in [0.2, 0.25) is 0 Å². The van der Waals surface area contributed by atoms with E-state index in [4.69, 9.17) is 0 Å². The Balaban J connectivity index is 1.51. The maximum atomic E-state index is 14.4. The third-order valence-electron chi connectivity index (χ3n) is 5.82. The maximum absolute atomic E-state index is 14.4. The third kappa shape index (κ3) is 4.03. The van der Waals surface area contributed by atoms with Crippen LogP contribution in [0.4, 0.5) is 4.39 Å². The van der Waals surface area contributed by atoms with Gasteiger partial charge in [-0.15, -0.1) is 5.10 Å². The number of carbonyl (C=O) groups excluding carboxylic acids is 1. The molecule has 1 aromatic carbocycles. The Morgan fingerprint density at radius 1 is 1.19 bits per heavy atom. The average molecular weight is 371 g/mol. The van der Waals surface area contributed by atoms with Crippen molar-refractivity contribution in [3.05, 3.63) is 47.5 Å². The largest absolute Gasteiger partial charge is 0.343 e. The van der Waals surface area contributed by atoms with E-state index in [0.29, 0.717) is 11.3 Å². The first kappa shape index (κ1) is 18.1. The molecule has 0 radical (unpaired) electrons. The number of piperidine rings is 1. The third-order valence-corrected chi connectivity index (χ3v) is 5.82. The van der Waals surface area contributed by atoms with Gasteiger partial charge in [0.15, 0.2) is 5.69 Å². The summed E-state index contributed by atoms with van der Waals surface area (Å²) in [4.78, 5) is 12.8. The van der Waals surface area contributed by atoms with Gasteiger partial charge in [-0.2, -0.15) is 0 Å². The van der Waals surface area contributed by atoms with E-state index in [-0.39, 0.29) is 29.7 Å². The van der Waals surface area contributed by atoms with Gasteiger partial charge in [0, 0.05) is 5.56 Å². The molecule has 4 rings (SSSR count). The summed E-state index contributed by atoms with van der Waals surface area (Å²) in [5.41, 5.74) is 0.858. The van der Waals surface area contributed by atoms with Crippen molar-refractivity contribution in [3.8, 4) is 0 Å². The van der Waals surface area contributed by atoms with Crippen LogP contribution < -0.4 is 10.6 Å². The monoisotopic (exact) mass is 371 g/mol. The van der Waals surface area contributed by atoms with E-state index in [1.54, 1.807) is 23.0 Å². The van der Waals surface area contributed by atoms with Crippen LogP contribution in [0.15, 0.2) is 30.5 Å². The second kappa shape index (κ2) is 8.17. The van der Waals surface area contributed by atoms with Crippen LogP contribution in [0.5, 0.6) is 0 Å². The van der Waals surface area contributed by atoms with Gasteiger partial charge in [-0.05, 0) is 50.8 Å². The zero-order valence-electron chi connectivity index (χ0n) is 15.4. The topological polar surface area (TPSA) is 71.8 Å². The van der Waals surface area contributed by atoms with E-state index in [1.807, 2.05) is 6.07 Å². The molecule has 2 aromatic rings. The number of rotatable bonds is 5. The van der Waals surface area contributed by atoms with Crippen molar-refractivity contribution < 1.29 is 9.18 Å². The molecule has 1 atom stereocenters. The molecule has 1 saturated carbocycles. The van der Waals surface area contributed by atoms with Crippen LogP contribution >= 0.6 is 0 Å². The molecule has 1 aliphatic carbocycles. The van der Waals surface area contributed by atoms with Crippen LogP contribution in [0.25, 0.3) is 0 Å². The van der Waals surface area contributed by atoms with Crippen molar-refractivity contribution in [2.24, 2.45) is 5.92 Å². The standard InChI is InChI=1S/C20H26FN5O/c21-17-8-4-3-7-16(17)19(14-5-1-2-6-14)23-20(27)18-13-26(25-24-18)15-9-11-22-12-10-15/h3-4,7-8,13-15,19,22H,1-2,5-6,9-12H2,(H,23,27). The zero-order valence-corrected chi connectivity index (χ0v) is 15.4. The van der Waals surface area contributed by atoms with Gasteiger partial charge in [-0.1, -0.05) is 36.3 Å². The van der Waals surface area contributed by atoms with Gasteiger partial charge in [0.25, 0.3) is 5.91 Å². The summed E-state index contributed by atoms with van der Waals surface area (Å²) < 4.78 is 16.2. The number of nitrogens with one attached hydrogen (secondary N) is 2. The Kier molecular flexibility index (Phi) is 5.48. The molecule has 1 aromatic heterocycles. The van der Waals surface area contributed by atoms with E-state index < -0.39 is 0 Å². The van der Waals surface area contributed by atoms with Gasteiger partial charge in [-0.25, -0.2) is 9.07 Å². The average Bonchev–Trinajstić information content (AvgIpc) is 3.39. The number of hydrogen-bond donors (Lipinski definition) is 2. The molecule has 1 aliphatic heterocycles. The normalized spacial score (nSPS) is 19.9. The molecule has 27 heavy (non-hydrogen) atoms. The summed E-state index contributed by atoms with van der Waals surface area (Å²) in [7, 11) is 0. The second-order valence-electron chi connectivity index (χ2n) is 7.58. The Bertz CT molecular complexity index is 780. The SMILES string of the molecule is O=C(NC(c1ccccc1F)C1CCCC1)c1cn(C2CCNCC2)nn1. The summed E-state index contributed by atoms with van der Waals surface area (Å²) >= 11 is 0. The van der Waals surface area contributed by atoms with Crippen molar-refractivity contribution in [2.75, 3.05) is 13.1 Å². The Morgan fingerprint density at radius 3 is 2.67 bits per heavy atom. The van der Waals surface area contributed by atoms with Crippen LogP contribution in [-0.2, 0) is 0 Å². The number of hydrogen-bond acceptors (Lipinski definition) is 4. The number of aromatic nitrogens is 3. The van der Waals surface area contributed by atoms with Crippen molar-refractivity contribution in [2.45, 2.75) is 50.6 Å². The Labute approximate surface area is 158 Å². The van der Waals surface area contributed by atoms with Crippen LogP contribution in [0, 0.1) is 11.7 Å². The lowest BCUT2D eigenvalue weighted by molar-refractivity contribution is 0.0915. The van der Waals surface area contributed by atoms with Gasteiger partial charge in [0.2, 0.25) is 0 Å². The number of halogens is 1. The minimum Gasteiger partial charge on any atom is -0.343 e. The highest BCUT2D eigenvalue weighted by atomic mass is 19.1. The number of carbonyl (C=O) groups is 1. The summed E-state index contributed by atoms with van der Waals surface area (Å²) in [5, 5.41) is 14.6. The van der Waals surface area contributed by atoms with Gasteiger partial charge in [0.05, 0.1) is 18.3 Å². The van der Waals surface area contributed by atoms with Crippen LogP contribution in [0.3, 0.4) is 0 Å². The van der Waals surface area contributed by atoms with Crippen molar-refractivity contribution >= 4 is 5.91 Å². The molecule has 2 aliphatic rings. The quantitative estimate of drug-likeness (QED) is 0.848. The molecule has 0 bridgehead atoms. The van der Waals surface area contributed by atoms with E-state index >= 15 is 0 Å². The minimum atomic E-state index is -0.328. The molecular weight excluding hydrogens is 345 g/mol. The molecule has 1 amide bonds. The van der Waals surface area contributed by atoms with Crippen LogP contribution in [0.1, 0.15) is 66.7 Å². The highest BCUT2D eigenvalue weighted by Gasteiger charge is 2.30. The van der Waals surface area contributed by atoms with E-state index in [0.717, 1.165) is 51.6 Å². The van der Waals surface area contributed by atoms with E-state index in [9.17, 15) is 9.18 Å². The minimum absolute atomic E-state index is 0.255. The molecular formula is C20H26FN5O. The summed E-state index contributed by atoms with van der Waals surface area (Å²) in [6.07, 6.45) is 7.92. The predicted octanol–water partition coefficient (Wildman–Crippen LogP) is 3.00. The first-order valence-corrected chi connectivity index (χ1v) is 9.90. The van der Waals surface area contributed by atoms with Gasteiger partial charge in [0.1, 0.15) is 5.82 Å². The summed E-state index contributed by atoms with van der Waals surface area (Å²) in [5.74, 6) is -0.297. The molecule has 2 fully saturated rings. The number of benzene rings is 1. The van der Waals surface area contributed by atoms with Gasteiger partial charge < -0.3 is 10.6 Å². The lowest BCUT2D eigenvalue weighted by atomic mass is 9.91. The summed E-state index contributed by atoms with van der Waals surface area (Å²) in [6.45, 7) is 1.90.